The van der Waals surface area contributed by atoms with Gasteiger partial charge in [0.25, 0.3) is 0 Å². The van der Waals surface area contributed by atoms with Crippen LogP contribution < -0.4 is 4.74 Å². The van der Waals surface area contributed by atoms with E-state index in [0.29, 0.717) is 6.04 Å². The van der Waals surface area contributed by atoms with E-state index in [0.717, 1.165) is 31.0 Å². The van der Waals surface area contributed by atoms with Crippen LogP contribution in [-0.4, -0.2) is 33.1 Å². The van der Waals surface area contributed by atoms with E-state index < -0.39 is 0 Å². The van der Waals surface area contributed by atoms with E-state index >= 15 is 0 Å². The Balaban J connectivity index is 1.57. The zero-order chi connectivity index (χ0) is 16.5. The van der Waals surface area contributed by atoms with Crippen molar-refractivity contribution in [1.82, 2.24) is 19.4 Å². The molecule has 3 heterocycles. The van der Waals surface area contributed by atoms with Crippen LogP contribution in [0.5, 0.6) is 5.75 Å². The van der Waals surface area contributed by atoms with Crippen LogP contribution in [0.25, 0.3) is 0 Å². The van der Waals surface area contributed by atoms with Crippen molar-refractivity contribution in [3.8, 4) is 5.75 Å². The van der Waals surface area contributed by atoms with Gasteiger partial charge in [-0.25, -0.2) is 4.98 Å². The Morgan fingerprint density at radius 3 is 2.96 bits per heavy atom. The monoisotopic (exact) mass is 326 g/mol. The Bertz CT molecular complexity index is 724. The van der Waals surface area contributed by atoms with Crippen molar-refractivity contribution in [1.29, 1.82) is 0 Å². The van der Waals surface area contributed by atoms with Crippen LogP contribution in [0.2, 0.25) is 0 Å². The van der Waals surface area contributed by atoms with Gasteiger partial charge in [0.2, 0.25) is 0 Å². The highest BCUT2D eigenvalue weighted by Gasteiger charge is 2.31. The summed E-state index contributed by atoms with van der Waals surface area (Å²) in [6.07, 6.45) is 9.16. The summed E-state index contributed by atoms with van der Waals surface area (Å²) in [6.45, 7) is 1.97. The second-order valence-electron chi connectivity index (χ2n) is 6.95. The topological polar surface area (TPSA) is 43.2 Å². The zero-order valence-electron chi connectivity index (χ0n) is 14.7. The summed E-state index contributed by atoms with van der Waals surface area (Å²) in [5.74, 6) is 2.13. The molecule has 1 fully saturated rings. The SMILES string of the molecule is COc1ccnc(CN2CCCC2c2nc3c(n2C)CCCC3)c1. The molecule has 1 atom stereocenters. The number of ether oxygens (including phenoxy) is 1. The van der Waals surface area contributed by atoms with Crippen molar-refractivity contribution in [2.75, 3.05) is 13.7 Å². The lowest BCUT2D eigenvalue weighted by atomic mass is 10.0. The molecular weight excluding hydrogens is 300 g/mol. The average Bonchev–Trinajstić information content (AvgIpc) is 3.20. The number of nitrogens with zero attached hydrogens (tertiary/aromatic N) is 4. The summed E-state index contributed by atoms with van der Waals surface area (Å²) in [7, 11) is 3.91. The largest absolute Gasteiger partial charge is 0.497 e. The normalized spacial score (nSPS) is 21.0. The predicted octanol–water partition coefficient (Wildman–Crippen LogP) is 3.04. The molecule has 0 spiro atoms. The van der Waals surface area contributed by atoms with E-state index in [1.165, 1.54) is 49.3 Å². The van der Waals surface area contributed by atoms with Gasteiger partial charge in [0, 0.05) is 31.5 Å². The maximum Gasteiger partial charge on any atom is 0.126 e. The molecule has 1 unspecified atom stereocenters. The van der Waals surface area contributed by atoms with Gasteiger partial charge in [-0.1, -0.05) is 0 Å². The van der Waals surface area contributed by atoms with Gasteiger partial charge < -0.3 is 9.30 Å². The summed E-state index contributed by atoms with van der Waals surface area (Å²) < 4.78 is 7.70. The third kappa shape index (κ3) is 2.81. The number of likely N-dealkylation sites (tertiary alicyclic amines) is 1. The van der Waals surface area contributed by atoms with Crippen molar-refractivity contribution in [3.05, 3.63) is 41.2 Å². The van der Waals surface area contributed by atoms with Crippen LogP contribution in [0.1, 0.15) is 54.6 Å². The lowest BCUT2D eigenvalue weighted by molar-refractivity contribution is 0.233. The van der Waals surface area contributed by atoms with Crippen LogP contribution in [0.15, 0.2) is 18.3 Å². The molecule has 1 aliphatic carbocycles. The smallest absolute Gasteiger partial charge is 0.126 e. The van der Waals surface area contributed by atoms with Gasteiger partial charge in [-0.2, -0.15) is 0 Å². The van der Waals surface area contributed by atoms with Gasteiger partial charge in [0.1, 0.15) is 11.6 Å². The van der Waals surface area contributed by atoms with Gasteiger partial charge in [-0.3, -0.25) is 9.88 Å². The Labute approximate surface area is 143 Å². The zero-order valence-corrected chi connectivity index (χ0v) is 14.7. The number of aromatic nitrogens is 3. The first-order valence-corrected chi connectivity index (χ1v) is 9.03. The number of imidazole rings is 1. The summed E-state index contributed by atoms with van der Waals surface area (Å²) in [5, 5.41) is 0. The molecule has 0 N–H and O–H groups in total. The third-order valence-corrected chi connectivity index (χ3v) is 5.46. The Morgan fingerprint density at radius 1 is 1.25 bits per heavy atom. The van der Waals surface area contributed by atoms with Gasteiger partial charge in [0.15, 0.2) is 0 Å². The molecule has 5 nitrogen and oxygen atoms in total. The second-order valence-corrected chi connectivity index (χ2v) is 6.95. The minimum atomic E-state index is 0.411. The molecule has 2 aromatic heterocycles. The number of aryl methyl sites for hydroxylation is 1. The van der Waals surface area contributed by atoms with E-state index in [-0.39, 0.29) is 0 Å². The minimum absolute atomic E-state index is 0.411. The highest BCUT2D eigenvalue weighted by molar-refractivity contribution is 5.24. The maximum atomic E-state index is 5.33. The van der Waals surface area contributed by atoms with Gasteiger partial charge in [0.05, 0.1) is 24.5 Å². The maximum absolute atomic E-state index is 5.33. The van der Waals surface area contributed by atoms with Gasteiger partial charge in [-0.05, 0) is 51.1 Å². The van der Waals surface area contributed by atoms with Crippen LogP contribution in [0.3, 0.4) is 0 Å². The van der Waals surface area contributed by atoms with Crippen molar-refractivity contribution in [3.63, 3.8) is 0 Å². The minimum Gasteiger partial charge on any atom is -0.497 e. The average molecular weight is 326 g/mol. The highest BCUT2D eigenvalue weighted by atomic mass is 16.5. The molecule has 0 saturated carbocycles. The van der Waals surface area contributed by atoms with Crippen molar-refractivity contribution in [2.24, 2.45) is 7.05 Å². The Morgan fingerprint density at radius 2 is 2.12 bits per heavy atom. The van der Waals surface area contributed by atoms with Crippen LogP contribution in [-0.2, 0) is 26.4 Å². The number of methoxy groups -OCH3 is 1. The molecular formula is C19H26N4O. The summed E-state index contributed by atoms with van der Waals surface area (Å²) in [6, 6.07) is 4.35. The summed E-state index contributed by atoms with van der Waals surface area (Å²) in [5.41, 5.74) is 3.87. The molecule has 1 aliphatic heterocycles. The lowest BCUT2D eigenvalue weighted by Crippen LogP contribution is -2.25. The fraction of sp³-hybridized carbons (Fsp3) is 0.579. The van der Waals surface area contributed by atoms with Crippen LogP contribution in [0.4, 0.5) is 0 Å². The molecule has 0 bridgehead atoms. The lowest BCUT2D eigenvalue weighted by Gasteiger charge is -2.24. The van der Waals surface area contributed by atoms with Crippen molar-refractivity contribution < 1.29 is 4.74 Å². The van der Waals surface area contributed by atoms with E-state index in [1.54, 1.807) is 7.11 Å². The number of fused-ring (bicyclic) bond motifs is 1. The number of hydrogen-bond acceptors (Lipinski definition) is 4. The fourth-order valence-electron chi connectivity index (χ4n) is 4.19. The molecule has 0 radical (unpaired) electrons. The summed E-state index contributed by atoms with van der Waals surface area (Å²) >= 11 is 0. The molecule has 24 heavy (non-hydrogen) atoms. The standard InChI is InChI=1S/C19H26N4O/c1-22-17-7-4-3-6-16(17)21-19(22)18-8-5-11-23(18)13-14-12-15(24-2)9-10-20-14/h9-10,12,18H,3-8,11,13H2,1-2H3. The summed E-state index contributed by atoms with van der Waals surface area (Å²) in [4.78, 5) is 12.1. The first-order chi connectivity index (χ1) is 11.8. The number of hydrogen-bond donors (Lipinski definition) is 0. The highest BCUT2D eigenvalue weighted by Crippen LogP contribution is 2.34. The molecule has 5 heteroatoms. The second kappa shape index (κ2) is 6.55. The molecule has 2 aromatic rings. The molecule has 0 amide bonds. The van der Waals surface area contributed by atoms with Crippen LogP contribution in [0, 0.1) is 0 Å². The van der Waals surface area contributed by atoms with E-state index in [4.69, 9.17) is 9.72 Å². The molecule has 4 rings (SSSR count). The van der Waals surface area contributed by atoms with Gasteiger partial charge >= 0.3 is 0 Å². The van der Waals surface area contributed by atoms with Gasteiger partial charge in [-0.15, -0.1) is 0 Å². The van der Waals surface area contributed by atoms with E-state index in [2.05, 4.69) is 21.5 Å². The Hall–Kier alpha value is -1.88. The first kappa shape index (κ1) is 15.6. The molecule has 1 saturated heterocycles. The fourth-order valence-corrected chi connectivity index (χ4v) is 4.19. The van der Waals surface area contributed by atoms with Crippen molar-refractivity contribution >= 4 is 0 Å². The first-order valence-electron chi connectivity index (χ1n) is 9.03. The third-order valence-electron chi connectivity index (χ3n) is 5.46. The Kier molecular flexibility index (Phi) is 4.27. The molecule has 2 aliphatic rings. The molecule has 0 aromatic carbocycles. The number of pyridine rings is 1. The molecule has 128 valence electrons. The van der Waals surface area contributed by atoms with Crippen LogP contribution >= 0.6 is 0 Å². The predicted molar refractivity (Wildman–Crippen MR) is 93.0 cm³/mol. The van der Waals surface area contributed by atoms with E-state index in [1.807, 2.05) is 18.3 Å². The van der Waals surface area contributed by atoms with Crippen molar-refractivity contribution in [2.45, 2.75) is 51.1 Å². The quantitative estimate of drug-likeness (QED) is 0.866. The van der Waals surface area contributed by atoms with E-state index in [9.17, 15) is 0 Å². The number of rotatable bonds is 4.